The van der Waals surface area contributed by atoms with Crippen molar-refractivity contribution in [2.75, 3.05) is 5.32 Å². The number of primary amides is 1. The van der Waals surface area contributed by atoms with Gasteiger partial charge in [0.05, 0.1) is 5.56 Å². The Morgan fingerprint density at radius 2 is 1.90 bits per heavy atom. The molecule has 0 unspecified atom stereocenters. The van der Waals surface area contributed by atoms with Crippen molar-refractivity contribution >= 4 is 29.1 Å². The van der Waals surface area contributed by atoms with Crippen molar-refractivity contribution in [3.8, 4) is 0 Å². The number of aromatic nitrogens is 1. The Hall–Kier alpha value is -2.40. The number of anilines is 1. The zero-order valence-corrected chi connectivity index (χ0v) is 11.4. The molecule has 0 aliphatic rings. The van der Waals surface area contributed by atoms with Crippen LogP contribution in [-0.4, -0.2) is 16.8 Å². The van der Waals surface area contributed by atoms with E-state index in [0.717, 1.165) is 5.56 Å². The highest BCUT2D eigenvalue weighted by atomic mass is 35.5. The fourth-order valence-electron chi connectivity index (χ4n) is 1.61. The zero-order valence-electron chi connectivity index (χ0n) is 10.7. The molecule has 6 heteroatoms. The summed E-state index contributed by atoms with van der Waals surface area (Å²) >= 11 is 5.66. The fourth-order valence-corrected chi connectivity index (χ4v) is 1.73. The van der Waals surface area contributed by atoms with E-state index in [1.165, 1.54) is 12.3 Å². The monoisotopic (exact) mass is 289 g/mol. The number of hydrogen-bond donors (Lipinski definition) is 2. The number of nitrogens with zero attached hydrogens (tertiary/aromatic N) is 1. The van der Waals surface area contributed by atoms with Crippen LogP contribution in [0.1, 0.15) is 26.3 Å². The first kappa shape index (κ1) is 14.0. The maximum absolute atomic E-state index is 12.0. The summed E-state index contributed by atoms with van der Waals surface area (Å²) in [6, 6.07) is 7.97. The van der Waals surface area contributed by atoms with Crippen LogP contribution in [0.15, 0.2) is 36.5 Å². The normalized spacial score (nSPS) is 10.1. The molecule has 20 heavy (non-hydrogen) atoms. The van der Waals surface area contributed by atoms with Crippen molar-refractivity contribution in [2.24, 2.45) is 5.73 Å². The fraction of sp³-hybridized carbons (Fsp3) is 0.0714. The number of benzene rings is 1. The van der Waals surface area contributed by atoms with Gasteiger partial charge in [0, 0.05) is 17.4 Å². The van der Waals surface area contributed by atoms with Gasteiger partial charge in [-0.3, -0.25) is 9.59 Å². The lowest BCUT2D eigenvalue weighted by Gasteiger charge is -2.09. The van der Waals surface area contributed by atoms with E-state index < -0.39 is 5.91 Å². The predicted molar refractivity (Wildman–Crippen MR) is 76.9 cm³/mol. The molecule has 0 atom stereocenters. The molecule has 2 rings (SSSR count). The van der Waals surface area contributed by atoms with Crippen LogP contribution in [0.4, 0.5) is 5.69 Å². The summed E-state index contributed by atoms with van der Waals surface area (Å²) in [5, 5.41) is 3.02. The number of pyridine rings is 1. The maximum atomic E-state index is 12.0. The second kappa shape index (κ2) is 5.71. The third kappa shape index (κ3) is 3.13. The third-order valence-electron chi connectivity index (χ3n) is 2.76. The number of nitrogens with two attached hydrogens (primary N) is 1. The molecule has 2 aromatic rings. The van der Waals surface area contributed by atoms with Crippen LogP contribution in [0, 0.1) is 6.92 Å². The van der Waals surface area contributed by atoms with Gasteiger partial charge in [0.25, 0.3) is 5.91 Å². The van der Waals surface area contributed by atoms with Crippen molar-refractivity contribution in [1.82, 2.24) is 4.98 Å². The van der Waals surface area contributed by atoms with Gasteiger partial charge < -0.3 is 11.1 Å². The van der Waals surface area contributed by atoms with Gasteiger partial charge in [0.2, 0.25) is 5.91 Å². The first-order chi connectivity index (χ1) is 9.47. The van der Waals surface area contributed by atoms with Gasteiger partial charge in [-0.2, -0.15) is 0 Å². The molecule has 0 aliphatic carbocycles. The standard InChI is InChI=1S/C14H12ClN3O2/c1-8-2-3-9(13(16)19)6-11(8)18-14(20)10-4-5-12(15)17-7-10/h2-7H,1H3,(H2,16,19)(H,18,20). The molecule has 0 saturated heterocycles. The number of nitrogens with one attached hydrogen (secondary N) is 1. The predicted octanol–water partition coefficient (Wildman–Crippen LogP) is 2.39. The average Bonchev–Trinajstić information content (AvgIpc) is 2.41. The molecular weight excluding hydrogens is 278 g/mol. The third-order valence-corrected chi connectivity index (χ3v) is 2.98. The quantitative estimate of drug-likeness (QED) is 0.851. The highest BCUT2D eigenvalue weighted by molar-refractivity contribution is 6.29. The lowest BCUT2D eigenvalue weighted by atomic mass is 10.1. The van der Waals surface area contributed by atoms with Crippen molar-refractivity contribution in [3.05, 3.63) is 58.4 Å². The summed E-state index contributed by atoms with van der Waals surface area (Å²) in [7, 11) is 0. The van der Waals surface area contributed by atoms with Gasteiger partial charge in [-0.15, -0.1) is 0 Å². The Balaban J connectivity index is 2.25. The number of aryl methyl sites for hydroxylation is 1. The number of carbonyl (C=O) groups excluding carboxylic acids is 2. The van der Waals surface area contributed by atoms with Crippen LogP contribution in [0.3, 0.4) is 0 Å². The van der Waals surface area contributed by atoms with E-state index in [4.69, 9.17) is 17.3 Å². The molecule has 0 saturated carbocycles. The molecule has 3 N–H and O–H groups in total. The molecule has 0 aliphatic heterocycles. The van der Waals surface area contributed by atoms with Crippen LogP contribution in [0.2, 0.25) is 5.15 Å². The summed E-state index contributed by atoms with van der Waals surface area (Å²) < 4.78 is 0. The van der Waals surface area contributed by atoms with E-state index in [-0.39, 0.29) is 5.91 Å². The Labute approximate surface area is 120 Å². The first-order valence-electron chi connectivity index (χ1n) is 5.81. The van der Waals surface area contributed by atoms with E-state index in [9.17, 15) is 9.59 Å². The van der Waals surface area contributed by atoms with Gasteiger partial charge in [0.1, 0.15) is 5.15 Å². The van der Waals surface area contributed by atoms with Crippen molar-refractivity contribution in [2.45, 2.75) is 6.92 Å². The molecule has 5 nitrogen and oxygen atoms in total. The summed E-state index contributed by atoms with van der Waals surface area (Å²) in [6.45, 7) is 1.82. The van der Waals surface area contributed by atoms with E-state index in [1.54, 1.807) is 24.3 Å². The number of halogens is 1. The van der Waals surface area contributed by atoms with Gasteiger partial charge in [-0.05, 0) is 36.8 Å². The van der Waals surface area contributed by atoms with Crippen molar-refractivity contribution in [3.63, 3.8) is 0 Å². The van der Waals surface area contributed by atoms with Gasteiger partial charge >= 0.3 is 0 Å². The summed E-state index contributed by atoms with van der Waals surface area (Å²) in [4.78, 5) is 27.0. The maximum Gasteiger partial charge on any atom is 0.257 e. The number of hydrogen-bond acceptors (Lipinski definition) is 3. The Kier molecular flexibility index (Phi) is 4.00. The minimum absolute atomic E-state index is 0.313. The van der Waals surface area contributed by atoms with E-state index in [1.807, 2.05) is 6.92 Å². The van der Waals surface area contributed by atoms with E-state index in [2.05, 4.69) is 10.3 Å². The molecular formula is C14H12ClN3O2. The van der Waals surface area contributed by atoms with Crippen LogP contribution >= 0.6 is 11.6 Å². The molecule has 0 spiro atoms. The average molecular weight is 290 g/mol. The minimum atomic E-state index is -0.548. The second-order valence-electron chi connectivity index (χ2n) is 4.22. The number of rotatable bonds is 3. The Bertz CT molecular complexity index is 669. The summed E-state index contributed by atoms with van der Waals surface area (Å²) in [6.07, 6.45) is 1.38. The van der Waals surface area contributed by atoms with Crippen LogP contribution < -0.4 is 11.1 Å². The molecule has 2 amide bonds. The molecule has 0 bridgehead atoms. The van der Waals surface area contributed by atoms with Gasteiger partial charge in [-0.1, -0.05) is 17.7 Å². The Morgan fingerprint density at radius 1 is 1.20 bits per heavy atom. The number of amides is 2. The molecule has 102 valence electrons. The minimum Gasteiger partial charge on any atom is -0.366 e. The first-order valence-corrected chi connectivity index (χ1v) is 6.18. The molecule has 0 fully saturated rings. The van der Waals surface area contributed by atoms with Crippen LogP contribution in [-0.2, 0) is 0 Å². The van der Waals surface area contributed by atoms with Gasteiger partial charge in [-0.25, -0.2) is 4.98 Å². The van der Waals surface area contributed by atoms with Crippen molar-refractivity contribution in [1.29, 1.82) is 0 Å². The highest BCUT2D eigenvalue weighted by Crippen LogP contribution is 2.18. The smallest absolute Gasteiger partial charge is 0.257 e. The zero-order chi connectivity index (χ0) is 14.7. The SMILES string of the molecule is Cc1ccc(C(N)=O)cc1NC(=O)c1ccc(Cl)nc1. The van der Waals surface area contributed by atoms with Crippen molar-refractivity contribution < 1.29 is 9.59 Å². The largest absolute Gasteiger partial charge is 0.366 e. The summed E-state index contributed by atoms with van der Waals surface area (Å²) in [5.41, 5.74) is 7.28. The topological polar surface area (TPSA) is 85.1 Å². The lowest BCUT2D eigenvalue weighted by molar-refractivity contribution is 0.0996. The highest BCUT2D eigenvalue weighted by Gasteiger charge is 2.10. The van der Waals surface area contributed by atoms with Crippen LogP contribution in [0.5, 0.6) is 0 Å². The van der Waals surface area contributed by atoms with Crippen LogP contribution in [0.25, 0.3) is 0 Å². The van der Waals surface area contributed by atoms with Gasteiger partial charge in [0.15, 0.2) is 0 Å². The molecule has 1 aromatic heterocycles. The molecule has 1 aromatic carbocycles. The van der Waals surface area contributed by atoms with E-state index >= 15 is 0 Å². The summed E-state index contributed by atoms with van der Waals surface area (Å²) in [5.74, 6) is -0.882. The second-order valence-corrected chi connectivity index (χ2v) is 4.60. The molecule has 1 heterocycles. The van der Waals surface area contributed by atoms with E-state index in [0.29, 0.717) is 22.0 Å². The Morgan fingerprint density at radius 3 is 2.50 bits per heavy atom. The number of carbonyl (C=O) groups is 2. The lowest BCUT2D eigenvalue weighted by Crippen LogP contribution is -2.15. The molecule has 0 radical (unpaired) electrons.